The average molecular weight is 304 g/mol. The SMILES string of the molecule is OCCN(c1ccccc1)N(c1ccccc1)c1ccccc1. The monoisotopic (exact) mass is 304 g/mol. The van der Waals surface area contributed by atoms with Crippen LogP contribution < -0.4 is 10.0 Å². The lowest BCUT2D eigenvalue weighted by molar-refractivity contribution is 0.302. The van der Waals surface area contributed by atoms with Crippen LogP contribution in [0, 0.1) is 0 Å². The zero-order valence-electron chi connectivity index (χ0n) is 12.9. The fraction of sp³-hybridized carbons (Fsp3) is 0.100. The Labute approximate surface area is 137 Å². The molecule has 1 N–H and O–H groups in total. The van der Waals surface area contributed by atoms with Crippen LogP contribution in [0.2, 0.25) is 0 Å². The number of anilines is 3. The second-order valence-corrected chi connectivity index (χ2v) is 5.17. The third-order valence-corrected chi connectivity index (χ3v) is 3.61. The van der Waals surface area contributed by atoms with E-state index in [1.54, 1.807) is 0 Å². The summed E-state index contributed by atoms with van der Waals surface area (Å²) in [5.41, 5.74) is 3.14. The topological polar surface area (TPSA) is 26.7 Å². The van der Waals surface area contributed by atoms with E-state index >= 15 is 0 Å². The number of aliphatic hydroxyl groups is 1. The van der Waals surface area contributed by atoms with E-state index in [4.69, 9.17) is 0 Å². The molecule has 0 aliphatic carbocycles. The predicted molar refractivity (Wildman–Crippen MR) is 95.9 cm³/mol. The van der Waals surface area contributed by atoms with Gasteiger partial charge < -0.3 is 5.11 Å². The Balaban J connectivity index is 2.09. The lowest BCUT2D eigenvalue weighted by Gasteiger charge is -2.38. The third kappa shape index (κ3) is 3.52. The van der Waals surface area contributed by atoms with Crippen molar-refractivity contribution in [3.05, 3.63) is 91.0 Å². The summed E-state index contributed by atoms with van der Waals surface area (Å²) in [5.74, 6) is 0. The molecule has 0 aliphatic heterocycles. The Morgan fingerprint density at radius 1 is 0.565 bits per heavy atom. The molecule has 116 valence electrons. The van der Waals surface area contributed by atoms with Crippen LogP contribution in [0.15, 0.2) is 91.0 Å². The van der Waals surface area contributed by atoms with Crippen molar-refractivity contribution in [3.8, 4) is 0 Å². The van der Waals surface area contributed by atoms with Gasteiger partial charge in [0.15, 0.2) is 0 Å². The molecule has 0 saturated carbocycles. The van der Waals surface area contributed by atoms with Gasteiger partial charge in [-0.1, -0.05) is 54.6 Å². The highest BCUT2D eigenvalue weighted by Crippen LogP contribution is 2.30. The highest BCUT2D eigenvalue weighted by Gasteiger charge is 2.18. The second-order valence-electron chi connectivity index (χ2n) is 5.17. The summed E-state index contributed by atoms with van der Waals surface area (Å²) in [6, 6.07) is 30.5. The number of benzene rings is 3. The van der Waals surface area contributed by atoms with E-state index in [9.17, 15) is 5.11 Å². The number of nitrogens with zero attached hydrogens (tertiary/aromatic N) is 2. The fourth-order valence-corrected chi connectivity index (χ4v) is 2.61. The lowest BCUT2D eigenvalue weighted by atomic mass is 10.2. The molecule has 0 spiro atoms. The minimum absolute atomic E-state index is 0.0745. The molecule has 3 heteroatoms. The molecular weight excluding hydrogens is 284 g/mol. The van der Waals surface area contributed by atoms with Crippen LogP contribution in [-0.2, 0) is 0 Å². The molecule has 23 heavy (non-hydrogen) atoms. The van der Waals surface area contributed by atoms with Gasteiger partial charge >= 0.3 is 0 Å². The van der Waals surface area contributed by atoms with Crippen LogP contribution in [0.5, 0.6) is 0 Å². The van der Waals surface area contributed by atoms with Crippen molar-refractivity contribution in [2.24, 2.45) is 0 Å². The zero-order valence-corrected chi connectivity index (χ0v) is 12.9. The van der Waals surface area contributed by atoms with Crippen LogP contribution in [0.3, 0.4) is 0 Å². The zero-order chi connectivity index (χ0) is 15.9. The van der Waals surface area contributed by atoms with Gasteiger partial charge in [0.1, 0.15) is 0 Å². The quantitative estimate of drug-likeness (QED) is 0.690. The molecule has 0 bridgehead atoms. The second kappa shape index (κ2) is 7.47. The molecular formula is C20H20N2O. The molecule has 0 saturated heterocycles. The van der Waals surface area contributed by atoms with E-state index in [-0.39, 0.29) is 6.61 Å². The van der Waals surface area contributed by atoms with Gasteiger partial charge in [-0.05, 0) is 36.4 Å². The summed E-state index contributed by atoms with van der Waals surface area (Å²) in [5, 5.41) is 13.8. The van der Waals surface area contributed by atoms with Gasteiger partial charge in [-0.3, -0.25) is 10.0 Å². The first kappa shape index (κ1) is 15.1. The summed E-state index contributed by atoms with van der Waals surface area (Å²) in [6.45, 7) is 0.582. The maximum atomic E-state index is 9.57. The Hall–Kier alpha value is -2.78. The van der Waals surface area contributed by atoms with Crippen molar-refractivity contribution >= 4 is 17.1 Å². The maximum Gasteiger partial charge on any atom is 0.0632 e. The van der Waals surface area contributed by atoms with Crippen molar-refractivity contribution in [1.82, 2.24) is 0 Å². The van der Waals surface area contributed by atoms with E-state index in [0.29, 0.717) is 6.54 Å². The number of hydrogen-bond acceptors (Lipinski definition) is 3. The van der Waals surface area contributed by atoms with Crippen LogP contribution in [0.25, 0.3) is 0 Å². The molecule has 0 amide bonds. The smallest absolute Gasteiger partial charge is 0.0632 e. The van der Waals surface area contributed by atoms with E-state index in [2.05, 4.69) is 46.4 Å². The van der Waals surface area contributed by atoms with Gasteiger partial charge in [0.2, 0.25) is 0 Å². The van der Waals surface area contributed by atoms with Crippen LogP contribution in [-0.4, -0.2) is 18.3 Å². The van der Waals surface area contributed by atoms with E-state index < -0.39 is 0 Å². The Morgan fingerprint density at radius 3 is 1.35 bits per heavy atom. The summed E-state index contributed by atoms with van der Waals surface area (Å²) in [6.07, 6.45) is 0. The van der Waals surface area contributed by atoms with Crippen LogP contribution in [0.4, 0.5) is 17.1 Å². The number of hydrogen-bond donors (Lipinski definition) is 1. The maximum absolute atomic E-state index is 9.57. The fourth-order valence-electron chi connectivity index (χ4n) is 2.61. The molecule has 0 aliphatic rings. The molecule has 0 fully saturated rings. The molecule has 0 radical (unpaired) electrons. The summed E-state index contributed by atoms with van der Waals surface area (Å²) < 4.78 is 0. The van der Waals surface area contributed by atoms with Gasteiger partial charge in [-0.15, -0.1) is 0 Å². The number of hydrazine groups is 1. The molecule has 0 atom stereocenters. The summed E-state index contributed by atoms with van der Waals surface area (Å²) >= 11 is 0. The minimum Gasteiger partial charge on any atom is -0.394 e. The third-order valence-electron chi connectivity index (χ3n) is 3.61. The molecule has 3 aromatic carbocycles. The van der Waals surface area contributed by atoms with Gasteiger partial charge in [-0.25, -0.2) is 0 Å². The molecule has 0 heterocycles. The molecule has 0 aromatic heterocycles. The van der Waals surface area contributed by atoms with E-state index in [1.807, 2.05) is 54.6 Å². The van der Waals surface area contributed by atoms with Gasteiger partial charge in [0.25, 0.3) is 0 Å². The van der Waals surface area contributed by atoms with Gasteiger partial charge in [-0.2, -0.15) is 0 Å². The largest absolute Gasteiger partial charge is 0.394 e. The first-order valence-electron chi connectivity index (χ1n) is 7.74. The first-order valence-corrected chi connectivity index (χ1v) is 7.74. The van der Waals surface area contributed by atoms with E-state index in [1.165, 1.54) is 0 Å². The normalized spacial score (nSPS) is 10.3. The Morgan fingerprint density at radius 2 is 0.957 bits per heavy atom. The van der Waals surface area contributed by atoms with E-state index in [0.717, 1.165) is 17.1 Å². The van der Waals surface area contributed by atoms with Crippen LogP contribution in [0.1, 0.15) is 0 Å². The number of aliphatic hydroxyl groups excluding tert-OH is 1. The van der Waals surface area contributed by atoms with Gasteiger partial charge in [0.05, 0.1) is 30.2 Å². The molecule has 3 rings (SSSR count). The molecule has 3 aromatic rings. The standard InChI is InChI=1S/C20H20N2O/c23-17-16-21(18-10-4-1-5-11-18)22(19-12-6-2-7-13-19)20-14-8-3-9-15-20/h1-15,23H,16-17H2. The summed E-state index contributed by atoms with van der Waals surface area (Å²) in [7, 11) is 0. The summed E-state index contributed by atoms with van der Waals surface area (Å²) in [4.78, 5) is 0. The highest BCUT2D eigenvalue weighted by atomic mass is 16.3. The molecule has 0 unspecified atom stereocenters. The predicted octanol–water partition coefficient (Wildman–Crippen LogP) is 4.24. The van der Waals surface area contributed by atoms with Crippen LogP contribution >= 0.6 is 0 Å². The van der Waals surface area contributed by atoms with Crippen molar-refractivity contribution in [3.63, 3.8) is 0 Å². The van der Waals surface area contributed by atoms with Crippen molar-refractivity contribution in [1.29, 1.82) is 0 Å². The Bertz CT molecular complexity index is 662. The van der Waals surface area contributed by atoms with Gasteiger partial charge in [0, 0.05) is 0 Å². The minimum atomic E-state index is 0.0745. The van der Waals surface area contributed by atoms with Crippen molar-refractivity contribution in [2.45, 2.75) is 0 Å². The molecule has 3 nitrogen and oxygen atoms in total. The van der Waals surface area contributed by atoms with Crippen molar-refractivity contribution < 1.29 is 5.11 Å². The average Bonchev–Trinajstić information content (AvgIpc) is 2.64. The highest BCUT2D eigenvalue weighted by molar-refractivity contribution is 5.69. The lowest BCUT2D eigenvalue weighted by Crippen LogP contribution is -2.41. The Kier molecular flexibility index (Phi) is 4.92. The number of rotatable bonds is 6. The first-order chi connectivity index (χ1) is 11.4. The number of para-hydroxylation sites is 3. The van der Waals surface area contributed by atoms with Crippen molar-refractivity contribution in [2.75, 3.05) is 23.2 Å².